The minimum Gasteiger partial charge on any atom is -0.359 e. The summed E-state index contributed by atoms with van der Waals surface area (Å²) in [5, 5.41) is 2.36. The molecule has 1 aliphatic rings. The lowest BCUT2D eigenvalue weighted by Gasteiger charge is -2.23. The van der Waals surface area contributed by atoms with Gasteiger partial charge in [0.1, 0.15) is 5.82 Å². The molecule has 20 heavy (non-hydrogen) atoms. The number of anilines is 1. The molecule has 4 heteroatoms. The van der Waals surface area contributed by atoms with E-state index in [1.54, 1.807) is 0 Å². The zero-order valence-electron chi connectivity index (χ0n) is 11.9. The molecule has 3 rings (SSSR count). The summed E-state index contributed by atoms with van der Waals surface area (Å²) in [6.45, 7) is 1.70. The van der Waals surface area contributed by atoms with Crippen LogP contribution >= 0.6 is 0 Å². The number of pyridine rings is 1. The summed E-state index contributed by atoms with van der Waals surface area (Å²) in [4.78, 5) is 20.1. The number of likely N-dealkylation sites (tertiary alicyclic amines) is 1. The van der Waals surface area contributed by atoms with Gasteiger partial charge in [0.05, 0.1) is 0 Å². The molecule has 1 aliphatic heterocycles. The Labute approximate surface area is 119 Å². The van der Waals surface area contributed by atoms with E-state index in [0.29, 0.717) is 12.3 Å². The topological polar surface area (TPSA) is 36.4 Å². The maximum absolute atomic E-state index is 11.6. The van der Waals surface area contributed by atoms with Crippen LogP contribution in [0.4, 0.5) is 5.82 Å². The van der Waals surface area contributed by atoms with Crippen LogP contribution < -0.4 is 4.90 Å². The fraction of sp³-hybridized carbons (Fsp3) is 0.375. The third-order valence-corrected chi connectivity index (χ3v) is 3.97. The highest BCUT2D eigenvalue weighted by atomic mass is 16.2. The van der Waals surface area contributed by atoms with Crippen molar-refractivity contribution in [1.82, 2.24) is 9.88 Å². The fourth-order valence-electron chi connectivity index (χ4n) is 2.96. The molecule has 1 fully saturated rings. The van der Waals surface area contributed by atoms with Gasteiger partial charge in [0.15, 0.2) is 0 Å². The molecule has 0 N–H and O–H groups in total. The normalized spacial score (nSPS) is 18.8. The number of fused-ring (bicyclic) bond motifs is 1. The predicted molar refractivity (Wildman–Crippen MR) is 80.8 cm³/mol. The van der Waals surface area contributed by atoms with Gasteiger partial charge in [0.25, 0.3) is 0 Å². The number of amides is 1. The first-order valence-electron chi connectivity index (χ1n) is 6.94. The largest absolute Gasteiger partial charge is 0.359 e. The summed E-state index contributed by atoms with van der Waals surface area (Å²) in [6, 6.07) is 10.3. The smallest absolute Gasteiger partial charge is 0.222 e. The standard InChI is InChI=1S/C16H19N3O/c1-18-10-12(9-15(18)20)11-19(2)16-14-6-4-3-5-13(14)7-8-17-16/h3-8,12H,9-11H2,1-2H3. The average Bonchev–Trinajstić information content (AvgIpc) is 2.76. The quantitative estimate of drug-likeness (QED) is 0.856. The van der Waals surface area contributed by atoms with Crippen molar-refractivity contribution < 1.29 is 4.79 Å². The van der Waals surface area contributed by atoms with Gasteiger partial charge in [-0.05, 0) is 11.5 Å². The summed E-state index contributed by atoms with van der Waals surface area (Å²) in [5.74, 6) is 1.62. The van der Waals surface area contributed by atoms with Gasteiger partial charge in [-0.2, -0.15) is 0 Å². The molecule has 1 atom stereocenters. The van der Waals surface area contributed by atoms with Gasteiger partial charge >= 0.3 is 0 Å². The number of carbonyl (C=O) groups is 1. The van der Waals surface area contributed by atoms with Crippen LogP contribution in [0.3, 0.4) is 0 Å². The van der Waals surface area contributed by atoms with Crippen molar-refractivity contribution in [3.05, 3.63) is 36.5 Å². The number of benzene rings is 1. The lowest BCUT2D eigenvalue weighted by molar-refractivity contribution is -0.126. The van der Waals surface area contributed by atoms with Crippen LogP contribution in [0.1, 0.15) is 6.42 Å². The van der Waals surface area contributed by atoms with E-state index in [9.17, 15) is 4.79 Å². The molecule has 0 saturated carbocycles. The average molecular weight is 269 g/mol. The molecule has 0 bridgehead atoms. The Morgan fingerprint density at radius 2 is 2.15 bits per heavy atom. The van der Waals surface area contributed by atoms with Crippen molar-refractivity contribution in [2.75, 3.05) is 32.1 Å². The number of hydrogen-bond acceptors (Lipinski definition) is 3. The Morgan fingerprint density at radius 1 is 1.35 bits per heavy atom. The van der Waals surface area contributed by atoms with E-state index >= 15 is 0 Å². The van der Waals surface area contributed by atoms with Crippen molar-refractivity contribution in [3.63, 3.8) is 0 Å². The maximum Gasteiger partial charge on any atom is 0.222 e. The van der Waals surface area contributed by atoms with Crippen LogP contribution in [0, 0.1) is 5.92 Å². The molecule has 0 aliphatic carbocycles. The summed E-state index contributed by atoms with van der Waals surface area (Å²) in [5.41, 5.74) is 0. The van der Waals surface area contributed by atoms with Gasteiger partial charge in [0.2, 0.25) is 5.91 Å². The third kappa shape index (κ3) is 2.33. The molecule has 1 aromatic carbocycles. The summed E-state index contributed by atoms with van der Waals surface area (Å²) >= 11 is 0. The second-order valence-electron chi connectivity index (χ2n) is 5.58. The van der Waals surface area contributed by atoms with E-state index in [4.69, 9.17) is 0 Å². The SMILES string of the molecule is CN1CC(CN(C)c2nccc3ccccc23)CC1=O. The van der Waals surface area contributed by atoms with E-state index in [1.165, 1.54) is 5.39 Å². The minimum atomic E-state index is 0.245. The molecule has 1 amide bonds. The van der Waals surface area contributed by atoms with Gasteiger partial charge in [-0.25, -0.2) is 4.98 Å². The van der Waals surface area contributed by atoms with E-state index in [2.05, 4.69) is 29.1 Å². The number of rotatable bonds is 3. The van der Waals surface area contributed by atoms with Crippen LogP contribution in [0.25, 0.3) is 10.8 Å². The Bertz CT molecular complexity index is 635. The second-order valence-corrected chi connectivity index (χ2v) is 5.58. The van der Waals surface area contributed by atoms with E-state index < -0.39 is 0 Å². The van der Waals surface area contributed by atoms with Crippen molar-refractivity contribution in [1.29, 1.82) is 0 Å². The van der Waals surface area contributed by atoms with E-state index in [-0.39, 0.29) is 5.91 Å². The molecule has 0 radical (unpaired) electrons. The highest BCUT2D eigenvalue weighted by Crippen LogP contribution is 2.25. The summed E-state index contributed by atoms with van der Waals surface area (Å²) in [7, 11) is 3.93. The van der Waals surface area contributed by atoms with E-state index in [1.807, 2.05) is 36.3 Å². The van der Waals surface area contributed by atoms with Crippen LogP contribution in [0.5, 0.6) is 0 Å². The van der Waals surface area contributed by atoms with Crippen LogP contribution in [-0.4, -0.2) is 43.0 Å². The van der Waals surface area contributed by atoms with E-state index in [0.717, 1.165) is 24.3 Å². The van der Waals surface area contributed by atoms with Crippen molar-refractivity contribution in [3.8, 4) is 0 Å². The molecule has 2 aromatic rings. The highest BCUT2D eigenvalue weighted by Gasteiger charge is 2.27. The second kappa shape index (κ2) is 5.12. The Morgan fingerprint density at radius 3 is 2.90 bits per heavy atom. The number of carbonyl (C=O) groups excluding carboxylic acids is 1. The number of nitrogens with zero attached hydrogens (tertiary/aromatic N) is 3. The Kier molecular flexibility index (Phi) is 3.30. The number of hydrogen-bond donors (Lipinski definition) is 0. The lowest BCUT2D eigenvalue weighted by atomic mass is 10.1. The first-order valence-corrected chi connectivity index (χ1v) is 6.94. The third-order valence-electron chi connectivity index (χ3n) is 3.97. The van der Waals surface area contributed by atoms with Crippen LogP contribution in [0.15, 0.2) is 36.5 Å². The Hall–Kier alpha value is -2.10. The van der Waals surface area contributed by atoms with Crippen LogP contribution in [0.2, 0.25) is 0 Å². The van der Waals surface area contributed by atoms with Crippen molar-refractivity contribution in [2.45, 2.75) is 6.42 Å². The summed E-state index contributed by atoms with van der Waals surface area (Å²) < 4.78 is 0. The lowest BCUT2D eigenvalue weighted by Crippen LogP contribution is -2.28. The summed E-state index contributed by atoms with van der Waals surface area (Å²) in [6.07, 6.45) is 2.49. The zero-order chi connectivity index (χ0) is 14.1. The molecule has 4 nitrogen and oxygen atoms in total. The minimum absolute atomic E-state index is 0.245. The molecule has 1 unspecified atom stereocenters. The van der Waals surface area contributed by atoms with Gasteiger partial charge in [0, 0.05) is 51.1 Å². The molecule has 104 valence electrons. The number of aromatic nitrogens is 1. The molecular weight excluding hydrogens is 250 g/mol. The van der Waals surface area contributed by atoms with Gasteiger partial charge in [-0.1, -0.05) is 24.3 Å². The van der Waals surface area contributed by atoms with Crippen molar-refractivity contribution >= 4 is 22.5 Å². The van der Waals surface area contributed by atoms with Crippen molar-refractivity contribution in [2.24, 2.45) is 5.92 Å². The predicted octanol–water partition coefficient (Wildman–Crippen LogP) is 2.15. The molecule has 2 heterocycles. The highest BCUT2D eigenvalue weighted by molar-refractivity contribution is 5.92. The molecular formula is C16H19N3O. The van der Waals surface area contributed by atoms with Gasteiger partial charge in [-0.15, -0.1) is 0 Å². The fourth-order valence-corrected chi connectivity index (χ4v) is 2.96. The van der Waals surface area contributed by atoms with Crippen LogP contribution in [-0.2, 0) is 4.79 Å². The Balaban J connectivity index is 1.82. The zero-order valence-corrected chi connectivity index (χ0v) is 11.9. The molecule has 0 spiro atoms. The molecule has 1 saturated heterocycles. The monoisotopic (exact) mass is 269 g/mol. The van der Waals surface area contributed by atoms with Gasteiger partial charge < -0.3 is 9.80 Å². The first kappa shape index (κ1) is 12.9. The first-order chi connectivity index (χ1) is 9.65. The maximum atomic E-state index is 11.6. The molecule has 1 aromatic heterocycles. The van der Waals surface area contributed by atoms with Gasteiger partial charge in [-0.3, -0.25) is 4.79 Å².